The highest BCUT2D eigenvalue weighted by atomic mass is 32.2. The summed E-state index contributed by atoms with van der Waals surface area (Å²) in [7, 11) is -3.81. The zero-order valence-electron chi connectivity index (χ0n) is 17.8. The van der Waals surface area contributed by atoms with Crippen LogP contribution in [0.15, 0.2) is 57.9 Å². The van der Waals surface area contributed by atoms with E-state index in [2.05, 4.69) is 20.2 Å². The van der Waals surface area contributed by atoms with Crippen molar-refractivity contribution in [3.05, 3.63) is 71.4 Å². The first kappa shape index (κ1) is 22.5. The molecule has 0 atom stereocenters. The van der Waals surface area contributed by atoms with Gasteiger partial charge in [0.15, 0.2) is 5.82 Å². The normalized spacial score (nSPS) is 11.5. The molecule has 0 radical (unpaired) electrons. The molecule has 1 heterocycles. The molecule has 0 spiro atoms. The molecule has 0 unspecified atom stereocenters. The predicted octanol–water partition coefficient (Wildman–Crippen LogP) is 3.66. The number of carbonyl (C=O) groups is 1. The lowest BCUT2D eigenvalue weighted by molar-refractivity contribution is 0.0952. The van der Waals surface area contributed by atoms with Gasteiger partial charge in [-0.25, -0.2) is 8.42 Å². The van der Waals surface area contributed by atoms with Crippen LogP contribution in [0.4, 0.5) is 5.69 Å². The summed E-state index contributed by atoms with van der Waals surface area (Å²) in [5, 5.41) is 6.70. The molecule has 0 fully saturated rings. The van der Waals surface area contributed by atoms with Gasteiger partial charge in [0.1, 0.15) is 0 Å². The standard InChI is InChI=1S/C22H26N4O4S/c1-15(2)21-24-20(30-25-21)8-5-13-23-22(27)17-6-4-7-19(14-17)31(28,29)26-18-11-9-16(3)10-12-18/h4,6-7,9-12,14-15,26H,5,8,13H2,1-3H3,(H,23,27). The van der Waals surface area contributed by atoms with E-state index >= 15 is 0 Å². The number of benzene rings is 2. The lowest BCUT2D eigenvalue weighted by Crippen LogP contribution is -2.25. The number of nitrogens with one attached hydrogen (secondary N) is 2. The second kappa shape index (κ2) is 9.74. The summed E-state index contributed by atoms with van der Waals surface area (Å²) >= 11 is 0. The molecule has 31 heavy (non-hydrogen) atoms. The van der Waals surface area contributed by atoms with Gasteiger partial charge in [-0.05, 0) is 43.7 Å². The van der Waals surface area contributed by atoms with Crippen molar-refractivity contribution in [3.8, 4) is 0 Å². The number of amides is 1. The first-order chi connectivity index (χ1) is 14.7. The number of anilines is 1. The smallest absolute Gasteiger partial charge is 0.261 e. The highest BCUT2D eigenvalue weighted by Crippen LogP contribution is 2.18. The average Bonchev–Trinajstić information content (AvgIpc) is 3.22. The van der Waals surface area contributed by atoms with Crippen LogP contribution >= 0.6 is 0 Å². The molecule has 164 valence electrons. The predicted molar refractivity (Wildman–Crippen MR) is 117 cm³/mol. The number of hydrogen-bond donors (Lipinski definition) is 2. The molecule has 2 aromatic carbocycles. The third-order valence-electron chi connectivity index (χ3n) is 4.56. The second-order valence-corrected chi connectivity index (χ2v) is 9.24. The third-order valence-corrected chi connectivity index (χ3v) is 5.94. The van der Waals surface area contributed by atoms with Crippen LogP contribution in [0.2, 0.25) is 0 Å². The first-order valence-corrected chi connectivity index (χ1v) is 11.5. The molecule has 1 aromatic heterocycles. The number of aryl methyl sites for hydroxylation is 2. The minimum absolute atomic E-state index is 0.0211. The molecule has 3 aromatic rings. The number of rotatable bonds is 9. The van der Waals surface area contributed by atoms with Crippen molar-refractivity contribution in [2.75, 3.05) is 11.3 Å². The second-order valence-electron chi connectivity index (χ2n) is 7.56. The van der Waals surface area contributed by atoms with E-state index in [1.54, 1.807) is 24.3 Å². The van der Waals surface area contributed by atoms with Crippen molar-refractivity contribution in [3.63, 3.8) is 0 Å². The molecule has 0 saturated heterocycles. The summed E-state index contributed by atoms with van der Waals surface area (Å²) in [6.07, 6.45) is 1.17. The molecule has 1 amide bonds. The minimum atomic E-state index is -3.81. The fourth-order valence-electron chi connectivity index (χ4n) is 2.79. The highest BCUT2D eigenvalue weighted by Gasteiger charge is 2.17. The third kappa shape index (κ3) is 6.14. The Hall–Kier alpha value is -3.20. The van der Waals surface area contributed by atoms with E-state index in [1.165, 1.54) is 12.1 Å². The highest BCUT2D eigenvalue weighted by molar-refractivity contribution is 7.92. The first-order valence-electron chi connectivity index (χ1n) is 10.0. The quantitative estimate of drug-likeness (QED) is 0.489. The maximum absolute atomic E-state index is 12.7. The SMILES string of the molecule is Cc1ccc(NS(=O)(=O)c2cccc(C(=O)NCCCc3nc(C(C)C)no3)c2)cc1. The van der Waals surface area contributed by atoms with Crippen LogP contribution in [-0.2, 0) is 16.4 Å². The molecule has 8 nitrogen and oxygen atoms in total. The number of aromatic nitrogens is 2. The van der Waals surface area contributed by atoms with Gasteiger partial charge in [0.05, 0.1) is 4.90 Å². The van der Waals surface area contributed by atoms with Crippen molar-refractivity contribution in [2.24, 2.45) is 0 Å². The summed E-state index contributed by atoms with van der Waals surface area (Å²) in [5.41, 5.74) is 1.76. The molecule has 0 aliphatic heterocycles. The van der Waals surface area contributed by atoms with Crippen molar-refractivity contribution < 1.29 is 17.7 Å². The van der Waals surface area contributed by atoms with Gasteiger partial charge in [0.25, 0.3) is 15.9 Å². The van der Waals surface area contributed by atoms with Crippen LogP contribution in [0.5, 0.6) is 0 Å². The van der Waals surface area contributed by atoms with Gasteiger partial charge in [-0.15, -0.1) is 0 Å². The Bertz CT molecular complexity index is 1140. The van der Waals surface area contributed by atoms with E-state index in [-0.39, 0.29) is 22.3 Å². The number of hydrogen-bond acceptors (Lipinski definition) is 6. The Morgan fingerprint density at radius 2 is 1.87 bits per heavy atom. The Labute approximate surface area is 182 Å². The van der Waals surface area contributed by atoms with Crippen LogP contribution < -0.4 is 10.0 Å². The van der Waals surface area contributed by atoms with Crippen molar-refractivity contribution in [1.82, 2.24) is 15.5 Å². The topological polar surface area (TPSA) is 114 Å². The molecule has 0 bridgehead atoms. The van der Waals surface area contributed by atoms with Crippen LogP contribution in [0.3, 0.4) is 0 Å². The van der Waals surface area contributed by atoms with Gasteiger partial charge in [0, 0.05) is 30.1 Å². The zero-order valence-corrected chi connectivity index (χ0v) is 18.6. The Morgan fingerprint density at radius 1 is 1.13 bits per heavy atom. The van der Waals surface area contributed by atoms with Crippen molar-refractivity contribution in [2.45, 2.75) is 44.4 Å². The van der Waals surface area contributed by atoms with E-state index in [0.29, 0.717) is 36.8 Å². The Kier molecular flexibility index (Phi) is 7.06. The lowest BCUT2D eigenvalue weighted by atomic mass is 10.2. The Balaban J connectivity index is 1.57. The maximum Gasteiger partial charge on any atom is 0.261 e. The minimum Gasteiger partial charge on any atom is -0.352 e. The van der Waals surface area contributed by atoms with Crippen LogP contribution in [0, 0.1) is 6.92 Å². The largest absolute Gasteiger partial charge is 0.352 e. The van der Waals surface area contributed by atoms with Gasteiger partial charge in [-0.1, -0.05) is 42.8 Å². The van der Waals surface area contributed by atoms with E-state index in [0.717, 1.165) is 5.56 Å². The maximum atomic E-state index is 12.7. The molecule has 0 aliphatic carbocycles. The summed E-state index contributed by atoms with van der Waals surface area (Å²) in [4.78, 5) is 16.8. The van der Waals surface area contributed by atoms with E-state index in [9.17, 15) is 13.2 Å². The van der Waals surface area contributed by atoms with Crippen LogP contribution in [-0.4, -0.2) is 31.0 Å². The molecule has 0 aliphatic rings. The number of nitrogens with zero attached hydrogens (tertiary/aromatic N) is 2. The lowest BCUT2D eigenvalue weighted by Gasteiger charge is -2.10. The summed E-state index contributed by atoms with van der Waals surface area (Å²) in [6.45, 7) is 6.29. The molecule has 2 N–H and O–H groups in total. The van der Waals surface area contributed by atoms with Crippen LogP contribution in [0.1, 0.15) is 53.8 Å². The average molecular weight is 443 g/mol. The van der Waals surface area contributed by atoms with Gasteiger partial charge >= 0.3 is 0 Å². The molecule has 9 heteroatoms. The fourth-order valence-corrected chi connectivity index (χ4v) is 3.89. The zero-order chi connectivity index (χ0) is 22.4. The summed E-state index contributed by atoms with van der Waals surface area (Å²) < 4.78 is 33.0. The molecule has 0 saturated carbocycles. The van der Waals surface area contributed by atoms with Gasteiger partial charge < -0.3 is 9.84 Å². The molecule has 3 rings (SSSR count). The summed E-state index contributed by atoms with van der Waals surface area (Å²) in [6, 6.07) is 13.0. The summed E-state index contributed by atoms with van der Waals surface area (Å²) in [5.74, 6) is 1.05. The fraction of sp³-hybridized carbons (Fsp3) is 0.318. The number of carbonyl (C=O) groups excluding carboxylic acids is 1. The van der Waals surface area contributed by atoms with Crippen LogP contribution in [0.25, 0.3) is 0 Å². The van der Waals surface area contributed by atoms with Crippen molar-refractivity contribution in [1.29, 1.82) is 0 Å². The molecular formula is C22H26N4O4S. The van der Waals surface area contributed by atoms with Gasteiger partial charge in [0.2, 0.25) is 5.89 Å². The van der Waals surface area contributed by atoms with Crippen molar-refractivity contribution >= 4 is 21.6 Å². The Morgan fingerprint density at radius 3 is 2.55 bits per heavy atom. The number of sulfonamides is 1. The van der Waals surface area contributed by atoms with Gasteiger partial charge in [-0.3, -0.25) is 9.52 Å². The van der Waals surface area contributed by atoms with E-state index in [1.807, 2.05) is 32.9 Å². The monoisotopic (exact) mass is 442 g/mol. The van der Waals surface area contributed by atoms with E-state index < -0.39 is 10.0 Å². The molecular weight excluding hydrogens is 416 g/mol. The van der Waals surface area contributed by atoms with E-state index in [4.69, 9.17) is 4.52 Å². The van der Waals surface area contributed by atoms with Gasteiger partial charge in [-0.2, -0.15) is 4.98 Å².